The highest BCUT2D eigenvalue weighted by molar-refractivity contribution is 5.21. The van der Waals surface area contributed by atoms with Gasteiger partial charge in [-0.3, -0.25) is 4.98 Å². The summed E-state index contributed by atoms with van der Waals surface area (Å²) < 4.78 is 30.9. The van der Waals surface area contributed by atoms with E-state index in [2.05, 4.69) is 32.7 Å². The quantitative estimate of drug-likeness (QED) is 0.261. The van der Waals surface area contributed by atoms with Crippen LogP contribution in [0.15, 0.2) is 6.20 Å². The first-order valence-corrected chi connectivity index (χ1v) is 13.1. The van der Waals surface area contributed by atoms with Crippen LogP contribution in [0.3, 0.4) is 0 Å². The average molecular weight is 467 g/mol. The van der Waals surface area contributed by atoms with Crippen LogP contribution >= 0.6 is 0 Å². The molecule has 7 nitrogen and oxygen atoms in total. The smallest absolute Gasteiger partial charge is 0.232 e. The maximum absolute atomic E-state index is 6.52. The van der Waals surface area contributed by atoms with Gasteiger partial charge in [0, 0.05) is 19.8 Å². The van der Waals surface area contributed by atoms with E-state index >= 15 is 0 Å². The number of rotatable bonds is 18. The summed E-state index contributed by atoms with van der Waals surface area (Å²) in [5.74, 6) is 0.557. The molecule has 0 amide bonds. The Morgan fingerprint density at radius 3 is 2.06 bits per heavy atom. The standard InChI is InChI=1S/C26H46N2O5/c1-6-10-14-29-19-21-24(31-16-12-8-3)26(32-17-13-9-4)25(33-21)23-20(5)28-22(18-27-23)30-15-11-7-2/h18,21,24-26H,6-17,19H2,1-5H3/t21-,24+,25+,26?/m1/s1. The summed E-state index contributed by atoms with van der Waals surface area (Å²) in [6, 6.07) is 0. The molecule has 0 bridgehead atoms. The minimum Gasteiger partial charge on any atom is -0.477 e. The molecule has 1 unspecified atom stereocenters. The zero-order chi connectivity index (χ0) is 23.9. The van der Waals surface area contributed by atoms with Crippen LogP contribution in [0.25, 0.3) is 0 Å². The van der Waals surface area contributed by atoms with E-state index in [-0.39, 0.29) is 24.4 Å². The largest absolute Gasteiger partial charge is 0.477 e. The molecule has 190 valence electrons. The summed E-state index contributed by atoms with van der Waals surface area (Å²) in [5, 5.41) is 0. The molecule has 0 spiro atoms. The molecule has 1 aromatic heterocycles. The molecule has 0 aromatic carbocycles. The Hall–Kier alpha value is -1.28. The van der Waals surface area contributed by atoms with Gasteiger partial charge < -0.3 is 23.7 Å². The molecule has 1 fully saturated rings. The lowest BCUT2D eigenvalue weighted by Crippen LogP contribution is -2.38. The molecule has 0 saturated carbocycles. The summed E-state index contributed by atoms with van der Waals surface area (Å²) in [7, 11) is 0. The zero-order valence-electron chi connectivity index (χ0n) is 21.5. The SMILES string of the molecule is CCCCOC[C@H]1O[C@@H](c2ncc(OCCCC)nc2C)C(OCCCC)[C@H]1OCCCC. The van der Waals surface area contributed by atoms with E-state index in [4.69, 9.17) is 28.7 Å². The van der Waals surface area contributed by atoms with Crippen LogP contribution < -0.4 is 4.74 Å². The molecule has 1 saturated heterocycles. The van der Waals surface area contributed by atoms with Crippen molar-refractivity contribution >= 4 is 0 Å². The second kappa shape index (κ2) is 16.4. The molecular weight excluding hydrogens is 420 g/mol. The van der Waals surface area contributed by atoms with Crippen LogP contribution in [0, 0.1) is 6.92 Å². The highest BCUT2D eigenvalue weighted by atomic mass is 16.6. The summed E-state index contributed by atoms with van der Waals surface area (Å²) in [5.41, 5.74) is 1.59. The Morgan fingerprint density at radius 1 is 0.818 bits per heavy atom. The maximum Gasteiger partial charge on any atom is 0.232 e. The Labute approximate surface area is 200 Å². The minimum atomic E-state index is -0.342. The third-order valence-corrected chi connectivity index (χ3v) is 5.83. The monoisotopic (exact) mass is 466 g/mol. The number of unbranched alkanes of at least 4 members (excludes halogenated alkanes) is 4. The number of aromatic nitrogens is 2. The van der Waals surface area contributed by atoms with Gasteiger partial charge in [-0.15, -0.1) is 0 Å². The second-order valence-corrected chi connectivity index (χ2v) is 8.78. The molecule has 2 heterocycles. The van der Waals surface area contributed by atoms with E-state index in [0.29, 0.717) is 32.3 Å². The first-order valence-electron chi connectivity index (χ1n) is 13.1. The molecule has 0 aliphatic carbocycles. The Morgan fingerprint density at radius 2 is 1.42 bits per heavy atom. The van der Waals surface area contributed by atoms with Crippen LogP contribution in [0.5, 0.6) is 5.88 Å². The summed E-state index contributed by atoms with van der Waals surface area (Å²) in [6.07, 6.45) is 9.11. The predicted molar refractivity (Wildman–Crippen MR) is 130 cm³/mol. The van der Waals surface area contributed by atoms with Gasteiger partial charge in [-0.25, -0.2) is 4.98 Å². The van der Waals surface area contributed by atoms with Crippen LogP contribution in [0.1, 0.15) is 96.6 Å². The fourth-order valence-electron chi connectivity index (χ4n) is 3.78. The first kappa shape index (κ1) is 28.0. The fraction of sp³-hybridized carbons (Fsp3) is 0.846. The molecule has 2 rings (SSSR count). The van der Waals surface area contributed by atoms with Crippen molar-refractivity contribution in [2.24, 2.45) is 0 Å². The van der Waals surface area contributed by atoms with Crippen molar-refractivity contribution in [2.45, 2.75) is 110 Å². The predicted octanol–water partition coefficient (Wildman–Crippen LogP) is 5.59. The van der Waals surface area contributed by atoms with Gasteiger partial charge >= 0.3 is 0 Å². The van der Waals surface area contributed by atoms with Crippen molar-refractivity contribution in [3.8, 4) is 5.88 Å². The van der Waals surface area contributed by atoms with E-state index < -0.39 is 0 Å². The minimum absolute atomic E-state index is 0.193. The molecule has 7 heteroatoms. The molecule has 0 radical (unpaired) electrons. The summed E-state index contributed by atoms with van der Waals surface area (Å²) >= 11 is 0. The maximum atomic E-state index is 6.52. The molecule has 1 aliphatic heterocycles. The highest BCUT2D eigenvalue weighted by Gasteiger charge is 2.48. The third-order valence-electron chi connectivity index (χ3n) is 5.83. The molecule has 0 N–H and O–H groups in total. The van der Waals surface area contributed by atoms with Crippen molar-refractivity contribution in [2.75, 3.05) is 33.0 Å². The van der Waals surface area contributed by atoms with E-state index in [0.717, 1.165) is 69.4 Å². The van der Waals surface area contributed by atoms with Gasteiger partial charge in [0.25, 0.3) is 0 Å². The summed E-state index contributed by atoms with van der Waals surface area (Å²) in [4.78, 5) is 9.34. The van der Waals surface area contributed by atoms with Crippen molar-refractivity contribution in [3.05, 3.63) is 17.6 Å². The average Bonchev–Trinajstić information content (AvgIpc) is 3.14. The Balaban J connectivity index is 2.20. The van der Waals surface area contributed by atoms with Crippen LogP contribution in [0.4, 0.5) is 0 Å². The van der Waals surface area contributed by atoms with E-state index in [1.807, 2.05) is 6.92 Å². The van der Waals surface area contributed by atoms with Crippen LogP contribution in [-0.2, 0) is 18.9 Å². The van der Waals surface area contributed by atoms with Gasteiger partial charge in [-0.2, -0.15) is 0 Å². The van der Waals surface area contributed by atoms with Gasteiger partial charge in [0.2, 0.25) is 5.88 Å². The number of hydrogen-bond donors (Lipinski definition) is 0. The van der Waals surface area contributed by atoms with Gasteiger partial charge in [0.1, 0.15) is 24.4 Å². The Bertz CT molecular complexity index is 645. The normalized spacial score (nSPS) is 22.7. The molecule has 1 aromatic rings. The first-order chi connectivity index (χ1) is 16.2. The van der Waals surface area contributed by atoms with E-state index in [1.165, 1.54) is 0 Å². The van der Waals surface area contributed by atoms with Crippen LogP contribution in [-0.4, -0.2) is 61.3 Å². The van der Waals surface area contributed by atoms with Gasteiger partial charge in [0.05, 0.1) is 30.8 Å². The number of ether oxygens (including phenoxy) is 5. The Kier molecular flexibility index (Phi) is 13.9. The number of nitrogens with zero attached hydrogens (tertiary/aromatic N) is 2. The number of hydrogen-bond acceptors (Lipinski definition) is 7. The molecule has 1 aliphatic rings. The van der Waals surface area contributed by atoms with Crippen molar-refractivity contribution in [3.63, 3.8) is 0 Å². The van der Waals surface area contributed by atoms with Crippen molar-refractivity contribution in [1.29, 1.82) is 0 Å². The van der Waals surface area contributed by atoms with Crippen molar-refractivity contribution in [1.82, 2.24) is 9.97 Å². The third kappa shape index (κ3) is 9.12. The molecular formula is C26H46N2O5. The lowest BCUT2D eigenvalue weighted by Gasteiger charge is -2.25. The topological polar surface area (TPSA) is 71.9 Å². The van der Waals surface area contributed by atoms with Crippen LogP contribution in [0.2, 0.25) is 0 Å². The van der Waals surface area contributed by atoms with Gasteiger partial charge in [-0.05, 0) is 32.6 Å². The lowest BCUT2D eigenvalue weighted by atomic mass is 10.0. The fourth-order valence-corrected chi connectivity index (χ4v) is 3.78. The van der Waals surface area contributed by atoms with Crippen molar-refractivity contribution < 1.29 is 23.7 Å². The van der Waals surface area contributed by atoms with Gasteiger partial charge in [-0.1, -0.05) is 53.4 Å². The van der Waals surface area contributed by atoms with E-state index in [1.54, 1.807) is 6.20 Å². The second-order valence-electron chi connectivity index (χ2n) is 8.78. The summed E-state index contributed by atoms with van der Waals surface area (Å²) in [6.45, 7) is 13.8. The molecule has 4 atom stereocenters. The zero-order valence-corrected chi connectivity index (χ0v) is 21.5. The highest BCUT2D eigenvalue weighted by Crippen LogP contribution is 2.38. The lowest BCUT2D eigenvalue weighted by molar-refractivity contribution is -0.0795. The molecule has 33 heavy (non-hydrogen) atoms. The number of aryl methyl sites for hydroxylation is 1. The van der Waals surface area contributed by atoms with E-state index in [9.17, 15) is 0 Å². The van der Waals surface area contributed by atoms with Gasteiger partial charge in [0.15, 0.2) is 0 Å².